The van der Waals surface area contributed by atoms with Crippen molar-refractivity contribution >= 4 is 34.8 Å². The molecule has 0 radical (unpaired) electrons. The van der Waals surface area contributed by atoms with Crippen LogP contribution in [0.25, 0.3) is 0 Å². The lowest BCUT2D eigenvalue weighted by molar-refractivity contribution is -0.114. The van der Waals surface area contributed by atoms with Crippen molar-refractivity contribution in [3.63, 3.8) is 0 Å². The Labute approximate surface area is 150 Å². The molecule has 0 atom stereocenters. The maximum absolute atomic E-state index is 12.2. The number of esters is 1. The van der Waals surface area contributed by atoms with Gasteiger partial charge in [-0.3, -0.25) is 9.59 Å². The van der Waals surface area contributed by atoms with Gasteiger partial charge in [-0.15, -0.1) is 0 Å². The van der Waals surface area contributed by atoms with Crippen LogP contribution in [-0.4, -0.2) is 24.4 Å². The lowest BCUT2D eigenvalue weighted by Crippen LogP contribution is -2.27. The highest BCUT2D eigenvalue weighted by Crippen LogP contribution is 2.27. The fourth-order valence-corrected chi connectivity index (χ4v) is 2.41. The molecule has 26 heavy (non-hydrogen) atoms. The third-order valence-corrected chi connectivity index (χ3v) is 3.63. The highest BCUT2D eigenvalue weighted by molar-refractivity contribution is 6.15. The summed E-state index contributed by atoms with van der Waals surface area (Å²) < 4.78 is 4.90. The number of para-hydroxylation sites is 2. The van der Waals surface area contributed by atoms with Gasteiger partial charge in [-0.25, -0.2) is 4.79 Å². The molecular weight excluding hydrogens is 334 g/mol. The van der Waals surface area contributed by atoms with Crippen LogP contribution in [-0.2, 0) is 14.3 Å². The van der Waals surface area contributed by atoms with E-state index in [0.717, 1.165) is 0 Å². The zero-order valence-corrected chi connectivity index (χ0v) is 14.0. The number of rotatable bonds is 4. The summed E-state index contributed by atoms with van der Waals surface area (Å²) in [6.07, 6.45) is 1.19. The Morgan fingerprint density at radius 2 is 1.69 bits per heavy atom. The molecule has 0 aromatic heterocycles. The number of ether oxygens (including phenoxy) is 1. The first-order chi connectivity index (χ1) is 12.6. The molecule has 2 amide bonds. The molecule has 0 bridgehead atoms. The summed E-state index contributed by atoms with van der Waals surface area (Å²) in [4.78, 5) is 35.8. The second-order valence-corrected chi connectivity index (χ2v) is 5.47. The van der Waals surface area contributed by atoms with Gasteiger partial charge in [0.15, 0.2) is 0 Å². The number of nitrogens with one attached hydrogen (secondary N) is 3. The van der Waals surface area contributed by atoms with E-state index >= 15 is 0 Å². The third kappa shape index (κ3) is 3.89. The van der Waals surface area contributed by atoms with E-state index in [4.69, 9.17) is 4.74 Å². The molecule has 7 nitrogen and oxygen atoms in total. The van der Waals surface area contributed by atoms with E-state index in [0.29, 0.717) is 29.2 Å². The van der Waals surface area contributed by atoms with Gasteiger partial charge in [0.1, 0.15) is 5.70 Å². The molecule has 0 aliphatic carbocycles. The molecule has 1 heterocycles. The zero-order chi connectivity index (χ0) is 18.5. The Kier molecular flexibility index (Phi) is 4.98. The van der Waals surface area contributed by atoms with Crippen LogP contribution in [0.2, 0.25) is 0 Å². The lowest BCUT2D eigenvalue weighted by atomic mass is 10.2. The summed E-state index contributed by atoms with van der Waals surface area (Å²) in [5, 5.41) is 8.28. The summed E-state index contributed by atoms with van der Waals surface area (Å²) in [6, 6.07) is 13.5. The largest absolute Gasteiger partial charge is 0.462 e. The topological polar surface area (TPSA) is 96.5 Å². The van der Waals surface area contributed by atoms with E-state index in [1.807, 2.05) is 12.1 Å². The number of hydrogen-bond acceptors (Lipinski definition) is 5. The van der Waals surface area contributed by atoms with Crippen molar-refractivity contribution in [1.82, 2.24) is 0 Å². The van der Waals surface area contributed by atoms with Crippen molar-refractivity contribution in [3.05, 3.63) is 65.9 Å². The Hall–Kier alpha value is -3.61. The van der Waals surface area contributed by atoms with Gasteiger partial charge in [-0.2, -0.15) is 0 Å². The fourth-order valence-electron chi connectivity index (χ4n) is 2.41. The van der Waals surface area contributed by atoms with Crippen LogP contribution in [0.15, 0.2) is 60.3 Å². The van der Waals surface area contributed by atoms with Crippen LogP contribution in [0.1, 0.15) is 17.3 Å². The summed E-state index contributed by atoms with van der Waals surface area (Å²) in [6.45, 7) is 2.02. The van der Waals surface area contributed by atoms with E-state index < -0.39 is 17.8 Å². The van der Waals surface area contributed by atoms with Gasteiger partial charge in [-0.05, 0) is 43.3 Å². The van der Waals surface area contributed by atoms with Crippen molar-refractivity contribution in [2.75, 3.05) is 22.6 Å². The smallest absolute Gasteiger partial charge is 0.338 e. The first-order valence-electron chi connectivity index (χ1n) is 8.04. The summed E-state index contributed by atoms with van der Waals surface area (Å²) in [5.41, 5.74) is 2.41. The fraction of sp³-hybridized carbons (Fsp3) is 0.105. The Balaban J connectivity index is 1.68. The van der Waals surface area contributed by atoms with Crippen molar-refractivity contribution < 1.29 is 19.1 Å². The van der Waals surface area contributed by atoms with Crippen LogP contribution in [0, 0.1) is 0 Å². The second kappa shape index (κ2) is 7.52. The number of carbonyl (C=O) groups is 3. The molecule has 2 aromatic rings. The molecule has 0 spiro atoms. The molecule has 2 aromatic carbocycles. The van der Waals surface area contributed by atoms with Crippen molar-refractivity contribution in [1.29, 1.82) is 0 Å². The first kappa shape index (κ1) is 17.2. The average Bonchev–Trinajstić information content (AvgIpc) is 2.63. The maximum atomic E-state index is 12.2. The highest BCUT2D eigenvalue weighted by atomic mass is 16.5. The number of anilines is 3. The van der Waals surface area contributed by atoms with E-state index in [9.17, 15) is 14.4 Å². The van der Waals surface area contributed by atoms with Gasteiger partial charge in [0, 0.05) is 11.8 Å². The number of amides is 2. The zero-order valence-electron chi connectivity index (χ0n) is 14.0. The molecule has 1 aliphatic heterocycles. The number of hydrogen-bond donors (Lipinski definition) is 3. The van der Waals surface area contributed by atoms with Gasteiger partial charge >= 0.3 is 5.97 Å². The second-order valence-electron chi connectivity index (χ2n) is 5.47. The molecule has 0 fully saturated rings. The Morgan fingerprint density at radius 3 is 2.35 bits per heavy atom. The van der Waals surface area contributed by atoms with Gasteiger partial charge in [-0.1, -0.05) is 12.1 Å². The van der Waals surface area contributed by atoms with E-state index in [2.05, 4.69) is 16.0 Å². The van der Waals surface area contributed by atoms with Crippen molar-refractivity contribution in [3.8, 4) is 0 Å². The van der Waals surface area contributed by atoms with Crippen LogP contribution in [0.3, 0.4) is 0 Å². The average molecular weight is 351 g/mol. The Bertz CT molecular complexity index is 888. The molecule has 7 heteroatoms. The van der Waals surface area contributed by atoms with E-state index in [-0.39, 0.29) is 5.70 Å². The van der Waals surface area contributed by atoms with E-state index in [1.165, 1.54) is 6.08 Å². The normalized spacial score (nSPS) is 14.0. The minimum absolute atomic E-state index is 0.143. The predicted molar refractivity (Wildman–Crippen MR) is 97.8 cm³/mol. The molecule has 0 unspecified atom stereocenters. The predicted octanol–water partition coefficient (Wildman–Crippen LogP) is 2.75. The van der Waals surface area contributed by atoms with Crippen molar-refractivity contribution in [2.45, 2.75) is 6.92 Å². The highest BCUT2D eigenvalue weighted by Gasteiger charge is 2.20. The Morgan fingerprint density at radius 1 is 1.04 bits per heavy atom. The number of fused-ring (bicyclic) bond motifs is 1. The minimum Gasteiger partial charge on any atom is -0.462 e. The third-order valence-electron chi connectivity index (χ3n) is 3.63. The molecule has 0 saturated carbocycles. The minimum atomic E-state index is -0.467. The van der Waals surface area contributed by atoms with Crippen LogP contribution >= 0.6 is 0 Å². The van der Waals surface area contributed by atoms with Crippen LogP contribution in [0.5, 0.6) is 0 Å². The summed E-state index contributed by atoms with van der Waals surface area (Å²) in [5.74, 6) is -1.28. The summed E-state index contributed by atoms with van der Waals surface area (Å²) >= 11 is 0. The molecule has 3 N–H and O–H groups in total. The molecular formula is C19H17N3O4. The molecule has 132 valence electrons. The van der Waals surface area contributed by atoms with Gasteiger partial charge in [0.2, 0.25) is 0 Å². The first-order valence-corrected chi connectivity index (χ1v) is 8.04. The number of carbonyl (C=O) groups excluding carboxylic acids is 3. The maximum Gasteiger partial charge on any atom is 0.338 e. The van der Waals surface area contributed by atoms with Crippen LogP contribution < -0.4 is 16.0 Å². The van der Waals surface area contributed by atoms with Gasteiger partial charge in [0.05, 0.1) is 23.5 Å². The van der Waals surface area contributed by atoms with Crippen molar-refractivity contribution in [2.24, 2.45) is 0 Å². The molecule has 0 saturated heterocycles. The standard InChI is InChI=1S/C19H17N3O4/c1-2-26-19(25)12-7-9-13(10-8-12)20-17(23)11-16-18(24)22-15-6-4-3-5-14(15)21-16/h3-11,21H,2H2,1H3,(H,20,23)(H,22,24)/b16-11-. The summed E-state index contributed by atoms with van der Waals surface area (Å²) in [7, 11) is 0. The SMILES string of the molecule is CCOC(=O)c1ccc(NC(=O)/C=C2\Nc3ccccc3NC2=O)cc1. The lowest BCUT2D eigenvalue weighted by Gasteiger charge is -2.20. The van der Waals surface area contributed by atoms with E-state index in [1.54, 1.807) is 43.3 Å². The van der Waals surface area contributed by atoms with Gasteiger partial charge < -0.3 is 20.7 Å². The van der Waals surface area contributed by atoms with Gasteiger partial charge in [0.25, 0.3) is 11.8 Å². The molecule has 3 rings (SSSR count). The quantitative estimate of drug-likeness (QED) is 0.581. The van der Waals surface area contributed by atoms with Crippen LogP contribution in [0.4, 0.5) is 17.1 Å². The monoisotopic (exact) mass is 351 g/mol. The number of benzene rings is 2. The molecule has 1 aliphatic rings.